The minimum Gasteiger partial charge on any atom is -0.355 e. The number of aromatic amines is 1. The third kappa shape index (κ3) is 4.17. The molecule has 28 heavy (non-hydrogen) atoms. The molecule has 0 atom stereocenters. The number of H-pyrrole nitrogens is 1. The fourth-order valence-electron chi connectivity index (χ4n) is 3.53. The number of nitrogens with zero attached hydrogens (tertiary/aromatic N) is 2. The van der Waals surface area contributed by atoms with E-state index in [4.69, 9.17) is 16.1 Å². The Bertz CT molecular complexity index is 997. The zero-order valence-electron chi connectivity index (χ0n) is 15.2. The summed E-state index contributed by atoms with van der Waals surface area (Å²) in [6.45, 7) is 1.41. The second-order valence-electron chi connectivity index (χ2n) is 7.08. The van der Waals surface area contributed by atoms with Crippen molar-refractivity contribution in [1.82, 2.24) is 15.0 Å². The van der Waals surface area contributed by atoms with Gasteiger partial charge >= 0.3 is 0 Å². The summed E-state index contributed by atoms with van der Waals surface area (Å²) < 4.78 is 5.28. The van der Waals surface area contributed by atoms with Crippen molar-refractivity contribution in [2.45, 2.75) is 19.3 Å². The molecule has 0 saturated carbocycles. The number of pyridine rings is 1. The molecule has 1 amide bonds. The number of nitrogens with one attached hydrogen (secondary N) is 1. The van der Waals surface area contributed by atoms with Gasteiger partial charge in [-0.05, 0) is 48.9 Å². The van der Waals surface area contributed by atoms with E-state index in [0.29, 0.717) is 30.3 Å². The average molecular weight is 398 g/mol. The average Bonchev–Trinajstić information content (AvgIpc) is 3.20. The molecular weight excluding hydrogens is 378 g/mol. The largest absolute Gasteiger partial charge is 0.355 e. The van der Waals surface area contributed by atoms with Crippen molar-refractivity contribution in [3.63, 3.8) is 0 Å². The number of benzene rings is 1. The number of aromatic nitrogens is 2. The van der Waals surface area contributed by atoms with Gasteiger partial charge in [-0.25, -0.2) is 0 Å². The molecule has 1 aliphatic heterocycles. The van der Waals surface area contributed by atoms with Crippen LogP contribution >= 0.6 is 11.6 Å². The van der Waals surface area contributed by atoms with Crippen LogP contribution in [0.2, 0.25) is 5.02 Å². The Kier molecular flexibility index (Phi) is 5.30. The quantitative estimate of drug-likeness (QED) is 0.726. The first-order chi connectivity index (χ1) is 13.6. The molecule has 0 radical (unpaired) electrons. The third-order valence-corrected chi connectivity index (χ3v) is 5.39. The predicted molar refractivity (Wildman–Crippen MR) is 106 cm³/mol. The second-order valence-corrected chi connectivity index (χ2v) is 7.52. The van der Waals surface area contributed by atoms with Crippen molar-refractivity contribution in [2.75, 3.05) is 13.1 Å². The molecule has 3 aromatic rings. The molecule has 1 saturated heterocycles. The minimum absolute atomic E-state index is 0.121. The minimum atomic E-state index is -0.193. The molecule has 1 fully saturated rings. The van der Waals surface area contributed by atoms with E-state index in [-0.39, 0.29) is 17.2 Å². The Balaban J connectivity index is 1.35. The predicted octanol–water partition coefficient (Wildman–Crippen LogP) is 3.78. The van der Waals surface area contributed by atoms with Crippen molar-refractivity contribution in [2.24, 2.45) is 5.92 Å². The fourth-order valence-corrected chi connectivity index (χ4v) is 3.66. The zero-order valence-corrected chi connectivity index (χ0v) is 16.0. The summed E-state index contributed by atoms with van der Waals surface area (Å²) in [5, 5.41) is 4.66. The first-order valence-electron chi connectivity index (χ1n) is 9.28. The number of hydrogen-bond acceptors (Lipinski definition) is 4. The maximum absolute atomic E-state index is 12.7. The molecule has 144 valence electrons. The highest BCUT2D eigenvalue weighted by atomic mass is 35.5. The summed E-state index contributed by atoms with van der Waals surface area (Å²) in [6.07, 6.45) is 4.46. The van der Waals surface area contributed by atoms with E-state index in [1.54, 1.807) is 18.3 Å². The molecule has 1 aromatic carbocycles. The summed E-state index contributed by atoms with van der Waals surface area (Å²) in [7, 11) is 0. The Morgan fingerprint density at radius 1 is 1.18 bits per heavy atom. The smallest absolute Gasteiger partial charge is 0.276 e. The summed E-state index contributed by atoms with van der Waals surface area (Å²) in [6, 6.07) is 12.6. The maximum Gasteiger partial charge on any atom is 0.276 e. The number of halogens is 1. The van der Waals surface area contributed by atoms with Crippen LogP contribution in [0.3, 0.4) is 0 Å². The van der Waals surface area contributed by atoms with Gasteiger partial charge in [-0.3, -0.25) is 9.59 Å². The molecular formula is C21H20ClN3O3. The number of piperidine rings is 1. The molecule has 3 heterocycles. The lowest BCUT2D eigenvalue weighted by Gasteiger charge is -2.31. The molecule has 0 unspecified atom stereocenters. The highest BCUT2D eigenvalue weighted by Crippen LogP contribution is 2.25. The Morgan fingerprint density at radius 2 is 1.93 bits per heavy atom. The lowest BCUT2D eigenvalue weighted by molar-refractivity contribution is 0.0680. The molecule has 0 bridgehead atoms. The first-order valence-corrected chi connectivity index (χ1v) is 9.66. The van der Waals surface area contributed by atoms with Crippen LogP contribution in [-0.2, 0) is 6.42 Å². The van der Waals surface area contributed by atoms with Crippen LogP contribution in [-0.4, -0.2) is 34.0 Å². The lowest BCUT2D eigenvalue weighted by Crippen LogP contribution is -2.39. The number of hydrogen-bond donors (Lipinski definition) is 1. The standard InChI is InChI=1S/C21H20ClN3O3/c22-17-4-1-14(2-5-17)11-15-7-9-25(10-8-15)21(27)18-12-19(28-24-18)16-3-6-20(26)23-13-16/h1-6,12-13,15H,7-11H2,(H,23,26). The number of rotatable bonds is 4. The zero-order chi connectivity index (χ0) is 19.5. The maximum atomic E-state index is 12.7. The normalized spacial score (nSPS) is 15.0. The first kappa shape index (κ1) is 18.5. The van der Waals surface area contributed by atoms with E-state index in [1.165, 1.54) is 11.6 Å². The van der Waals surface area contributed by atoms with Gasteiger partial charge in [0.05, 0.1) is 0 Å². The van der Waals surface area contributed by atoms with Crippen LogP contribution in [0.15, 0.2) is 58.0 Å². The molecule has 6 nitrogen and oxygen atoms in total. The molecule has 1 N–H and O–H groups in total. The van der Waals surface area contributed by atoms with E-state index < -0.39 is 0 Å². The molecule has 0 spiro atoms. The van der Waals surface area contributed by atoms with Gasteiger partial charge in [0.2, 0.25) is 5.56 Å². The summed E-state index contributed by atoms with van der Waals surface area (Å²) >= 11 is 5.94. The topological polar surface area (TPSA) is 79.2 Å². The van der Waals surface area contributed by atoms with Crippen LogP contribution in [0, 0.1) is 5.92 Å². The van der Waals surface area contributed by atoms with Gasteiger partial charge in [0, 0.05) is 42.0 Å². The number of amides is 1. The SMILES string of the molecule is O=C(c1cc(-c2ccc(=O)[nH]c2)on1)N1CCC(Cc2ccc(Cl)cc2)CC1. The van der Waals surface area contributed by atoms with E-state index >= 15 is 0 Å². The van der Waals surface area contributed by atoms with Crippen molar-refractivity contribution in [3.05, 3.63) is 75.3 Å². The summed E-state index contributed by atoms with van der Waals surface area (Å²) in [4.78, 5) is 28.3. The van der Waals surface area contributed by atoms with Crippen LogP contribution in [0.4, 0.5) is 0 Å². The second kappa shape index (κ2) is 8.02. The van der Waals surface area contributed by atoms with Crippen LogP contribution in [0.5, 0.6) is 0 Å². The van der Waals surface area contributed by atoms with Crippen LogP contribution in [0.25, 0.3) is 11.3 Å². The van der Waals surface area contributed by atoms with Gasteiger partial charge in [-0.2, -0.15) is 0 Å². The molecule has 1 aliphatic rings. The van der Waals surface area contributed by atoms with Gasteiger partial charge in [-0.1, -0.05) is 28.9 Å². The van der Waals surface area contributed by atoms with Gasteiger partial charge in [-0.15, -0.1) is 0 Å². The Hall–Kier alpha value is -2.86. The van der Waals surface area contributed by atoms with E-state index in [2.05, 4.69) is 22.3 Å². The van der Waals surface area contributed by atoms with Crippen molar-refractivity contribution >= 4 is 17.5 Å². The third-order valence-electron chi connectivity index (χ3n) is 5.14. The van der Waals surface area contributed by atoms with Crippen LogP contribution in [0.1, 0.15) is 28.9 Å². The molecule has 0 aliphatic carbocycles. The number of carbonyl (C=O) groups excluding carboxylic acids is 1. The van der Waals surface area contributed by atoms with Crippen molar-refractivity contribution < 1.29 is 9.32 Å². The highest BCUT2D eigenvalue weighted by Gasteiger charge is 2.26. The van der Waals surface area contributed by atoms with Gasteiger partial charge in [0.15, 0.2) is 11.5 Å². The summed E-state index contributed by atoms with van der Waals surface area (Å²) in [5.74, 6) is 0.890. The lowest BCUT2D eigenvalue weighted by atomic mass is 9.90. The van der Waals surface area contributed by atoms with E-state index in [0.717, 1.165) is 24.3 Å². The monoisotopic (exact) mass is 397 g/mol. The van der Waals surface area contributed by atoms with Gasteiger partial charge < -0.3 is 14.4 Å². The Labute approximate surface area is 167 Å². The molecule has 7 heteroatoms. The molecule has 2 aromatic heterocycles. The van der Waals surface area contributed by atoms with Crippen LogP contribution < -0.4 is 5.56 Å². The van der Waals surface area contributed by atoms with E-state index in [1.807, 2.05) is 17.0 Å². The Morgan fingerprint density at radius 3 is 2.61 bits per heavy atom. The van der Waals surface area contributed by atoms with E-state index in [9.17, 15) is 9.59 Å². The number of likely N-dealkylation sites (tertiary alicyclic amines) is 1. The van der Waals surface area contributed by atoms with Gasteiger partial charge in [0.25, 0.3) is 5.91 Å². The highest BCUT2D eigenvalue weighted by molar-refractivity contribution is 6.30. The van der Waals surface area contributed by atoms with Crippen molar-refractivity contribution in [1.29, 1.82) is 0 Å². The van der Waals surface area contributed by atoms with Crippen molar-refractivity contribution in [3.8, 4) is 11.3 Å². The number of carbonyl (C=O) groups is 1. The summed E-state index contributed by atoms with van der Waals surface area (Å²) in [5.41, 5.74) is 2.04. The molecule has 4 rings (SSSR count). The fraction of sp³-hybridized carbons (Fsp3) is 0.286. The van der Waals surface area contributed by atoms with Gasteiger partial charge in [0.1, 0.15) is 0 Å².